The zero-order valence-electron chi connectivity index (χ0n) is 17.8. The number of hydrogen-bond donors (Lipinski definition) is 1. The minimum absolute atomic E-state index is 0.0676. The molecule has 31 heavy (non-hydrogen) atoms. The molecular weight excluding hydrogens is 438 g/mol. The van der Waals surface area contributed by atoms with Crippen LogP contribution in [0.1, 0.15) is 46.5 Å². The van der Waals surface area contributed by atoms with Crippen LogP contribution >= 0.6 is 23.4 Å². The largest absolute Gasteiger partial charge is 0.493 e. The van der Waals surface area contributed by atoms with E-state index in [9.17, 15) is 14.4 Å². The quantitative estimate of drug-likeness (QED) is 0.389. The predicted molar refractivity (Wildman–Crippen MR) is 123 cm³/mol. The number of amides is 1. The van der Waals surface area contributed by atoms with Gasteiger partial charge in [-0.1, -0.05) is 11.6 Å². The fourth-order valence-electron chi connectivity index (χ4n) is 2.78. The van der Waals surface area contributed by atoms with Crippen LogP contribution in [-0.4, -0.2) is 42.3 Å². The maximum absolute atomic E-state index is 12.8. The van der Waals surface area contributed by atoms with E-state index in [1.807, 2.05) is 13.2 Å². The van der Waals surface area contributed by atoms with Crippen molar-refractivity contribution in [1.29, 1.82) is 0 Å². The average molecular weight is 464 g/mol. The molecule has 0 heterocycles. The Morgan fingerprint density at radius 2 is 1.77 bits per heavy atom. The summed E-state index contributed by atoms with van der Waals surface area (Å²) in [5, 5.41) is 3.26. The molecule has 0 fully saturated rings. The van der Waals surface area contributed by atoms with E-state index in [2.05, 4.69) is 5.32 Å². The summed E-state index contributed by atoms with van der Waals surface area (Å²) in [7, 11) is 0. The number of ether oxygens (including phenoxy) is 2. The number of carbonyl (C=O) groups is 3. The van der Waals surface area contributed by atoms with Crippen LogP contribution in [0.4, 0.5) is 0 Å². The van der Waals surface area contributed by atoms with E-state index in [4.69, 9.17) is 21.1 Å². The van der Waals surface area contributed by atoms with E-state index in [1.165, 1.54) is 6.92 Å². The van der Waals surface area contributed by atoms with Crippen molar-refractivity contribution in [3.8, 4) is 5.75 Å². The molecule has 0 aliphatic rings. The van der Waals surface area contributed by atoms with Gasteiger partial charge in [0.1, 0.15) is 18.4 Å². The first-order valence-electron chi connectivity index (χ1n) is 9.84. The van der Waals surface area contributed by atoms with Crippen molar-refractivity contribution in [3.05, 3.63) is 64.2 Å². The molecule has 0 saturated carbocycles. The van der Waals surface area contributed by atoms with Gasteiger partial charge < -0.3 is 14.8 Å². The van der Waals surface area contributed by atoms with Gasteiger partial charge in [-0.3, -0.25) is 9.59 Å². The number of hydrogen-bond acceptors (Lipinski definition) is 6. The van der Waals surface area contributed by atoms with E-state index >= 15 is 0 Å². The van der Waals surface area contributed by atoms with Crippen LogP contribution in [0.2, 0.25) is 5.02 Å². The number of Topliss-reactive ketones (excluding diaryl/α,β-unsaturated/α-hetero) is 1. The van der Waals surface area contributed by atoms with Crippen LogP contribution in [0.5, 0.6) is 5.75 Å². The molecule has 166 valence electrons. The molecule has 8 heteroatoms. The predicted octanol–water partition coefficient (Wildman–Crippen LogP) is 4.54. The molecular formula is C23H26ClNO5S. The fraction of sp³-hybridized carbons (Fsp3) is 0.348. The molecule has 6 nitrogen and oxygen atoms in total. The second-order valence-corrected chi connectivity index (χ2v) is 8.16. The summed E-state index contributed by atoms with van der Waals surface area (Å²) in [5.74, 6) is 0.195. The summed E-state index contributed by atoms with van der Waals surface area (Å²) in [6.07, 6.45) is 2.34. The molecule has 0 saturated heterocycles. The topological polar surface area (TPSA) is 81.7 Å². The number of halogens is 1. The summed E-state index contributed by atoms with van der Waals surface area (Å²) in [5.41, 5.74) is 1.50. The minimum atomic E-state index is -0.804. The van der Waals surface area contributed by atoms with Gasteiger partial charge in [0.15, 0.2) is 5.78 Å². The third-order valence-electron chi connectivity index (χ3n) is 4.44. The van der Waals surface area contributed by atoms with Crippen molar-refractivity contribution in [2.75, 3.05) is 18.6 Å². The molecule has 1 N–H and O–H groups in total. The van der Waals surface area contributed by atoms with Crippen molar-refractivity contribution < 1.29 is 23.9 Å². The standard InChI is InChI=1S/C23H26ClNO5S/c1-4-29-21-10-7-17(15(2)26)13-18(21)14-30-23(28)20(11-12-31-3)25-22(27)16-5-8-19(24)9-6-16/h5-10,13,20H,4,11-12,14H2,1-3H3,(H,25,27)/t20-/m1/s1. The van der Waals surface area contributed by atoms with Crippen molar-refractivity contribution in [2.24, 2.45) is 0 Å². The maximum atomic E-state index is 12.8. The Hall–Kier alpha value is -2.51. The van der Waals surface area contributed by atoms with E-state index in [-0.39, 0.29) is 18.3 Å². The molecule has 2 aromatic rings. The van der Waals surface area contributed by atoms with E-state index < -0.39 is 12.0 Å². The molecule has 0 aromatic heterocycles. The number of benzene rings is 2. The zero-order chi connectivity index (χ0) is 22.8. The Bertz CT molecular complexity index is 917. The minimum Gasteiger partial charge on any atom is -0.493 e. The molecule has 2 rings (SSSR count). The van der Waals surface area contributed by atoms with Crippen LogP contribution in [0.25, 0.3) is 0 Å². The number of thioether (sulfide) groups is 1. The Morgan fingerprint density at radius 3 is 2.39 bits per heavy atom. The Labute approximate surface area is 191 Å². The maximum Gasteiger partial charge on any atom is 0.329 e. The van der Waals surface area contributed by atoms with Crippen LogP contribution in [0.3, 0.4) is 0 Å². The van der Waals surface area contributed by atoms with Gasteiger partial charge in [-0.2, -0.15) is 11.8 Å². The third kappa shape index (κ3) is 7.60. The lowest BCUT2D eigenvalue weighted by Gasteiger charge is -2.18. The Kier molecular flexibility index (Phi) is 9.88. The van der Waals surface area contributed by atoms with Gasteiger partial charge in [-0.25, -0.2) is 4.79 Å². The third-order valence-corrected chi connectivity index (χ3v) is 5.34. The van der Waals surface area contributed by atoms with Gasteiger partial charge in [-0.15, -0.1) is 0 Å². The number of esters is 1. The molecule has 1 atom stereocenters. The summed E-state index contributed by atoms with van der Waals surface area (Å²) >= 11 is 7.43. The smallest absolute Gasteiger partial charge is 0.329 e. The molecule has 0 aliphatic carbocycles. The zero-order valence-corrected chi connectivity index (χ0v) is 19.3. The van der Waals surface area contributed by atoms with Crippen molar-refractivity contribution >= 4 is 41.0 Å². The lowest BCUT2D eigenvalue weighted by Crippen LogP contribution is -2.42. The molecule has 0 aliphatic heterocycles. The van der Waals surface area contributed by atoms with Crippen molar-refractivity contribution in [1.82, 2.24) is 5.32 Å². The number of nitrogens with one attached hydrogen (secondary N) is 1. The lowest BCUT2D eigenvalue weighted by molar-refractivity contribution is -0.147. The Balaban J connectivity index is 2.11. The summed E-state index contributed by atoms with van der Waals surface area (Å²) in [6.45, 7) is 3.69. The highest BCUT2D eigenvalue weighted by Crippen LogP contribution is 2.22. The van der Waals surface area contributed by atoms with Crippen molar-refractivity contribution in [3.63, 3.8) is 0 Å². The second-order valence-electron chi connectivity index (χ2n) is 6.73. The monoisotopic (exact) mass is 463 g/mol. The molecule has 0 bridgehead atoms. The van der Waals surface area contributed by atoms with Gasteiger partial charge >= 0.3 is 5.97 Å². The molecule has 0 spiro atoms. The van der Waals surface area contributed by atoms with Gasteiger partial charge in [0.05, 0.1) is 6.61 Å². The van der Waals surface area contributed by atoms with Crippen LogP contribution < -0.4 is 10.1 Å². The highest BCUT2D eigenvalue weighted by atomic mass is 35.5. The summed E-state index contributed by atoms with van der Waals surface area (Å²) < 4.78 is 11.1. The fourth-order valence-corrected chi connectivity index (χ4v) is 3.38. The van der Waals surface area contributed by atoms with E-state index in [1.54, 1.807) is 54.2 Å². The van der Waals surface area contributed by atoms with Gasteiger partial charge in [0, 0.05) is 21.7 Å². The highest BCUT2D eigenvalue weighted by Gasteiger charge is 2.23. The lowest BCUT2D eigenvalue weighted by atomic mass is 10.1. The first kappa shape index (κ1) is 24.8. The number of carbonyl (C=O) groups excluding carboxylic acids is 3. The van der Waals surface area contributed by atoms with Crippen LogP contribution in [-0.2, 0) is 16.1 Å². The van der Waals surface area contributed by atoms with Crippen molar-refractivity contribution in [2.45, 2.75) is 32.9 Å². The first-order chi connectivity index (χ1) is 14.8. The van der Waals surface area contributed by atoms with E-state index in [0.717, 1.165) is 0 Å². The molecule has 1 amide bonds. The molecule has 0 unspecified atom stereocenters. The number of ketones is 1. The van der Waals surface area contributed by atoms with E-state index in [0.29, 0.717) is 46.2 Å². The van der Waals surface area contributed by atoms with Crippen LogP contribution in [0.15, 0.2) is 42.5 Å². The average Bonchev–Trinajstić information content (AvgIpc) is 2.76. The van der Waals surface area contributed by atoms with Gasteiger partial charge in [0.25, 0.3) is 5.91 Å². The molecule has 0 radical (unpaired) electrons. The van der Waals surface area contributed by atoms with Gasteiger partial charge in [0.2, 0.25) is 0 Å². The van der Waals surface area contributed by atoms with Crippen LogP contribution in [0, 0.1) is 0 Å². The molecule has 2 aromatic carbocycles. The SMILES string of the molecule is CCOc1ccc(C(C)=O)cc1COC(=O)[C@@H](CCSC)NC(=O)c1ccc(Cl)cc1. The number of rotatable bonds is 11. The summed E-state index contributed by atoms with van der Waals surface area (Å²) in [4.78, 5) is 37.0. The summed E-state index contributed by atoms with van der Waals surface area (Å²) in [6, 6.07) is 10.6. The normalized spacial score (nSPS) is 11.5. The van der Waals surface area contributed by atoms with Gasteiger partial charge in [-0.05, 0) is 74.7 Å². The Morgan fingerprint density at radius 1 is 1.10 bits per heavy atom. The highest BCUT2D eigenvalue weighted by molar-refractivity contribution is 7.98. The first-order valence-corrected chi connectivity index (χ1v) is 11.6. The second kappa shape index (κ2) is 12.4.